The largest absolute Gasteiger partial charge is 0.507 e. The third-order valence-corrected chi connectivity index (χ3v) is 4.67. The van der Waals surface area contributed by atoms with E-state index in [1.54, 1.807) is 12.1 Å². The van der Waals surface area contributed by atoms with Gasteiger partial charge in [0.15, 0.2) is 0 Å². The fourth-order valence-electron chi connectivity index (χ4n) is 3.35. The lowest BCUT2D eigenvalue weighted by atomic mass is 9.94. The van der Waals surface area contributed by atoms with Gasteiger partial charge in [-0.1, -0.05) is 44.4 Å². The van der Waals surface area contributed by atoms with Crippen molar-refractivity contribution >= 4 is 27.7 Å². The third-order valence-electron chi connectivity index (χ3n) is 4.67. The monoisotopic (exact) mass is 354 g/mol. The summed E-state index contributed by atoms with van der Waals surface area (Å²) in [6, 6.07) is 8.59. The summed E-state index contributed by atoms with van der Waals surface area (Å²) in [6.07, 6.45) is 4.63. The standard InChI is InChI=1S/C21H22O5/c1-3-4-5-6-10-14-18-13-9-7-8-11-17(13)26-21(24)15(18)12-16(19(14)22)20(23)25-2/h7-9,11-12,22H,3-6,10H2,1-2H3. The van der Waals surface area contributed by atoms with Gasteiger partial charge < -0.3 is 14.3 Å². The number of phenolic OH excluding ortho intramolecular Hbond substituents is 1. The molecular formula is C21H22O5. The van der Waals surface area contributed by atoms with Crippen LogP contribution in [0.15, 0.2) is 39.5 Å². The van der Waals surface area contributed by atoms with Gasteiger partial charge in [-0.25, -0.2) is 9.59 Å². The summed E-state index contributed by atoms with van der Waals surface area (Å²) in [5.74, 6) is -0.789. The first-order chi connectivity index (χ1) is 12.6. The molecule has 0 bridgehead atoms. The second-order valence-corrected chi connectivity index (χ2v) is 6.36. The number of hydrogen-bond acceptors (Lipinski definition) is 5. The average molecular weight is 354 g/mol. The van der Waals surface area contributed by atoms with Crippen LogP contribution in [-0.2, 0) is 11.2 Å². The molecular weight excluding hydrogens is 332 g/mol. The van der Waals surface area contributed by atoms with Gasteiger partial charge in [0.05, 0.1) is 12.5 Å². The highest BCUT2D eigenvalue weighted by molar-refractivity contribution is 6.10. The SMILES string of the molecule is CCCCCCc1c(O)c(C(=O)OC)cc2c(=O)oc3ccccc3c12. The molecule has 136 valence electrons. The van der Waals surface area contributed by atoms with Crippen molar-refractivity contribution in [3.63, 3.8) is 0 Å². The first-order valence-electron chi connectivity index (χ1n) is 8.87. The van der Waals surface area contributed by atoms with Crippen LogP contribution in [0.1, 0.15) is 48.5 Å². The average Bonchev–Trinajstić information content (AvgIpc) is 2.65. The van der Waals surface area contributed by atoms with Gasteiger partial charge in [-0.2, -0.15) is 0 Å². The molecule has 0 fully saturated rings. The maximum Gasteiger partial charge on any atom is 0.344 e. The molecule has 5 nitrogen and oxygen atoms in total. The van der Waals surface area contributed by atoms with Crippen molar-refractivity contribution in [2.45, 2.75) is 39.0 Å². The highest BCUT2D eigenvalue weighted by Crippen LogP contribution is 2.36. The highest BCUT2D eigenvalue weighted by atomic mass is 16.5. The molecule has 2 aromatic carbocycles. The van der Waals surface area contributed by atoms with Crippen LogP contribution in [0.2, 0.25) is 0 Å². The molecule has 26 heavy (non-hydrogen) atoms. The number of hydrogen-bond donors (Lipinski definition) is 1. The number of para-hydroxylation sites is 1. The maximum absolute atomic E-state index is 12.5. The number of aromatic hydroxyl groups is 1. The predicted molar refractivity (Wildman–Crippen MR) is 101 cm³/mol. The van der Waals surface area contributed by atoms with Crippen LogP contribution in [0.4, 0.5) is 0 Å². The Morgan fingerprint density at radius 2 is 1.92 bits per heavy atom. The van der Waals surface area contributed by atoms with Crippen LogP contribution in [0.5, 0.6) is 5.75 Å². The molecule has 0 amide bonds. The molecule has 0 radical (unpaired) electrons. The van der Waals surface area contributed by atoms with E-state index in [4.69, 9.17) is 9.15 Å². The number of carbonyl (C=O) groups is 1. The molecule has 0 atom stereocenters. The van der Waals surface area contributed by atoms with E-state index in [0.29, 0.717) is 23.0 Å². The van der Waals surface area contributed by atoms with Crippen molar-refractivity contribution in [3.8, 4) is 5.75 Å². The van der Waals surface area contributed by atoms with Gasteiger partial charge in [0.1, 0.15) is 16.9 Å². The fraction of sp³-hybridized carbons (Fsp3) is 0.333. The van der Waals surface area contributed by atoms with Crippen molar-refractivity contribution in [1.29, 1.82) is 0 Å². The molecule has 0 aliphatic heterocycles. The van der Waals surface area contributed by atoms with Crippen LogP contribution in [-0.4, -0.2) is 18.2 Å². The summed E-state index contributed by atoms with van der Waals surface area (Å²) in [4.78, 5) is 24.6. The van der Waals surface area contributed by atoms with Crippen LogP contribution in [0.3, 0.4) is 0 Å². The number of ether oxygens (including phenoxy) is 1. The van der Waals surface area contributed by atoms with E-state index in [2.05, 4.69) is 6.92 Å². The van der Waals surface area contributed by atoms with E-state index in [-0.39, 0.29) is 16.7 Å². The second kappa shape index (κ2) is 7.60. The van der Waals surface area contributed by atoms with Gasteiger partial charge in [-0.3, -0.25) is 0 Å². The zero-order valence-electron chi connectivity index (χ0n) is 15.0. The molecule has 0 aliphatic rings. The fourth-order valence-corrected chi connectivity index (χ4v) is 3.35. The number of esters is 1. The summed E-state index contributed by atoms with van der Waals surface area (Å²) >= 11 is 0. The number of unbranched alkanes of at least 4 members (excludes halogenated alkanes) is 3. The number of carbonyl (C=O) groups excluding carboxylic acids is 1. The van der Waals surface area contributed by atoms with Crippen LogP contribution >= 0.6 is 0 Å². The van der Waals surface area contributed by atoms with Crippen molar-refractivity contribution in [3.05, 3.63) is 51.9 Å². The Balaban J connectivity index is 2.31. The van der Waals surface area contributed by atoms with Crippen LogP contribution in [0.25, 0.3) is 21.7 Å². The Hall–Kier alpha value is -2.82. The Kier molecular flexibility index (Phi) is 5.26. The van der Waals surface area contributed by atoms with Gasteiger partial charge in [0.2, 0.25) is 0 Å². The minimum atomic E-state index is -0.674. The Morgan fingerprint density at radius 1 is 1.15 bits per heavy atom. The van der Waals surface area contributed by atoms with Gasteiger partial charge >= 0.3 is 11.6 Å². The number of aryl methyl sites for hydroxylation is 1. The predicted octanol–water partition coefficient (Wildman–Crippen LogP) is 4.56. The number of fused-ring (bicyclic) bond motifs is 3. The topological polar surface area (TPSA) is 76.7 Å². The van der Waals surface area contributed by atoms with Crippen LogP contribution in [0, 0.1) is 0 Å². The zero-order chi connectivity index (χ0) is 18.7. The summed E-state index contributed by atoms with van der Waals surface area (Å²) in [5, 5.41) is 12.4. The number of rotatable bonds is 6. The molecule has 0 aliphatic carbocycles. The first kappa shape index (κ1) is 18.0. The molecule has 1 aromatic heterocycles. The van der Waals surface area contributed by atoms with Crippen molar-refractivity contribution in [1.82, 2.24) is 0 Å². The maximum atomic E-state index is 12.5. The Morgan fingerprint density at radius 3 is 2.65 bits per heavy atom. The minimum absolute atomic E-state index is 0.00641. The normalized spacial score (nSPS) is 11.2. The zero-order valence-corrected chi connectivity index (χ0v) is 15.0. The van der Waals surface area contributed by atoms with Gasteiger partial charge in [-0.05, 0) is 25.0 Å². The van der Waals surface area contributed by atoms with Gasteiger partial charge in [0.25, 0.3) is 0 Å². The molecule has 0 unspecified atom stereocenters. The third kappa shape index (κ3) is 3.17. The summed E-state index contributed by atoms with van der Waals surface area (Å²) in [6.45, 7) is 2.13. The van der Waals surface area contributed by atoms with Gasteiger partial charge in [0, 0.05) is 16.3 Å². The molecule has 0 spiro atoms. The van der Waals surface area contributed by atoms with Crippen molar-refractivity contribution < 1.29 is 19.1 Å². The molecule has 3 rings (SSSR count). The quantitative estimate of drug-likeness (QED) is 0.304. The molecule has 0 saturated heterocycles. The van der Waals surface area contributed by atoms with Crippen LogP contribution < -0.4 is 5.63 Å². The lowest BCUT2D eigenvalue weighted by Gasteiger charge is -2.14. The van der Waals surface area contributed by atoms with E-state index in [1.165, 1.54) is 13.2 Å². The summed E-state index contributed by atoms with van der Waals surface area (Å²) in [7, 11) is 1.25. The molecule has 1 heterocycles. The molecule has 5 heteroatoms. The highest BCUT2D eigenvalue weighted by Gasteiger charge is 2.22. The minimum Gasteiger partial charge on any atom is -0.507 e. The van der Waals surface area contributed by atoms with Crippen molar-refractivity contribution in [2.75, 3.05) is 7.11 Å². The van der Waals surface area contributed by atoms with Crippen molar-refractivity contribution in [2.24, 2.45) is 0 Å². The molecule has 1 N–H and O–H groups in total. The van der Waals surface area contributed by atoms with E-state index >= 15 is 0 Å². The van der Waals surface area contributed by atoms with Gasteiger partial charge in [-0.15, -0.1) is 0 Å². The number of phenols is 1. The Labute approximate surface area is 151 Å². The smallest absolute Gasteiger partial charge is 0.344 e. The lowest BCUT2D eigenvalue weighted by molar-refractivity contribution is 0.0597. The summed E-state index contributed by atoms with van der Waals surface area (Å²) in [5.41, 5.74) is 0.528. The summed E-state index contributed by atoms with van der Waals surface area (Å²) < 4.78 is 10.2. The lowest BCUT2D eigenvalue weighted by Crippen LogP contribution is -2.08. The molecule has 0 saturated carbocycles. The molecule has 3 aromatic rings. The van der Waals surface area contributed by atoms with E-state index in [9.17, 15) is 14.7 Å². The number of methoxy groups -OCH3 is 1. The van der Waals surface area contributed by atoms with E-state index in [0.717, 1.165) is 31.1 Å². The number of benzene rings is 2. The second-order valence-electron chi connectivity index (χ2n) is 6.36. The van der Waals surface area contributed by atoms with E-state index < -0.39 is 11.6 Å². The first-order valence-corrected chi connectivity index (χ1v) is 8.87. The van der Waals surface area contributed by atoms with E-state index in [1.807, 2.05) is 12.1 Å². The Bertz CT molecular complexity index is 1020.